The molecule has 0 aromatic heterocycles. The number of imide groups is 1. The average molecular weight is 279 g/mol. The summed E-state index contributed by atoms with van der Waals surface area (Å²) in [4.78, 5) is 24.7. The van der Waals surface area contributed by atoms with Crippen LogP contribution in [-0.4, -0.2) is 49.6 Å². The Labute approximate surface area is 114 Å². The zero-order valence-electron chi connectivity index (χ0n) is 10.8. The second-order valence-corrected chi connectivity index (χ2v) is 4.32. The molecule has 106 valence electrons. The molecule has 6 nitrogen and oxygen atoms in total. The highest BCUT2D eigenvalue weighted by Gasteiger charge is 2.23. The molecule has 0 bridgehead atoms. The molecular formula is C11H23ClN4O2. The van der Waals surface area contributed by atoms with Gasteiger partial charge in [-0.3, -0.25) is 15.0 Å². The van der Waals surface area contributed by atoms with Gasteiger partial charge in [-0.05, 0) is 32.4 Å². The molecular weight excluding hydrogens is 256 g/mol. The van der Waals surface area contributed by atoms with E-state index in [1.165, 1.54) is 13.5 Å². The molecule has 1 aliphatic rings. The van der Waals surface area contributed by atoms with Crippen LogP contribution in [0.5, 0.6) is 0 Å². The highest BCUT2D eigenvalue weighted by Crippen LogP contribution is 2.18. The van der Waals surface area contributed by atoms with Gasteiger partial charge in [-0.25, -0.2) is 4.79 Å². The molecule has 1 saturated heterocycles. The third-order valence-corrected chi connectivity index (χ3v) is 3.08. The zero-order chi connectivity index (χ0) is 12.7. The second kappa shape index (κ2) is 9.13. The van der Waals surface area contributed by atoms with Crippen molar-refractivity contribution >= 4 is 24.3 Å². The van der Waals surface area contributed by atoms with Crippen molar-refractivity contribution in [1.29, 1.82) is 0 Å². The number of likely N-dealkylation sites (tertiary alicyclic amines) is 1. The lowest BCUT2D eigenvalue weighted by Crippen LogP contribution is -2.48. The largest absolute Gasteiger partial charge is 0.341 e. The first-order valence-corrected chi connectivity index (χ1v) is 6.13. The third-order valence-electron chi connectivity index (χ3n) is 3.08. The number of urea groups is 1. The molecule has 1 atom stereocenters. The van der Waals surface area contributed by atoms with Gasteiger partial charge in [0.15, 0.2) is 0 Å². The van der Waals surface area contributed by atoms with Gasteiger partial charge in [0.05, 0.1) is 6.54 Å². The molecule has 0 saturated carbocycles. The standard InChI is InChI=1S/C11H22N4O2.ClH/c1-13-11(17)14-10(16)8-15-7-3-2-4-9(15)5-6-12;/h9H,2-8,12H2,1H3,(H2,13,14,16,17);1H. The summed E-state index contributed by atoms with van der Waals surface area (Å²) < 4.78 is 0. The fourth-order valence-electron chi connectivity index (χ4n) is 2.20. The van der Waals surface area contributed by atoms with Crippen molar-refractivity contribution in [3.63, 3.8) is 0 Å². The minimum atomic E-state index is -0.456. The number of carbonyl (C=O) groups excluding carboxylic acids is 2. The maximum atomic E-state index is 11.6. The summed E-state index contributed by atoms with van der Waals surface area (Å²) in [5, 5.41) is 4.64. The molecule has 0 aromatic carbocycles. The van der Waals surface area contributed by atoms with Crippen LogP contribution in [0.15, 0.2) is 0 Å². The van der Waals surface area contributed by atoms with E-state index in [0.717, 1.165) is 25.8 Å². The normalized spacial score (nSPS) is 19.8. The molecule has 1 rings (SSSR count). The Bertz CT molecular complexity index is 274. The first-order valence-electron chi connectivity index (χ1n) is 6.13. The first kappa shape index (κ1) is 17.2. The number of carbonyl (C=O) groups is 2. The monoisotopic (exact) mass is 278 g/mol. The highest BCUT2D eigenvalue weighted by molar-refractivity contribution is 5.95. The van der Waals surface area contributed by atoms with E-state index in [4.69, 9.17) is 5.73 Å². The van der Waals surface area contributed by atoms with Gasteiger partial charge in [0, 0.05) is 13.1 Å². The minimum Gasteiger partial charge on any atom is -0.341 e. The van der Waals surface area contributed by atoms with Crippen LogP contribution in [0, 0.1) is 0 Å². The number of hydrogen-bond acceptors (Lipinski definition) is 4. The van der Waals surface area contributed by atoms with E-state index >= 15 is 0 Å². The number of halogens is 1. The Hall–Kier alpha value is -0.850. The topological polar surface area (TPSA) is 87.5 Å². The van der Waals surface area contributed by atoms with E-state index in [1.54, 1.807) is 0 Å². The Morgan fingerprint density at radius 2 is 2.11 bits per heavy atom. The smallest absolute Gasteiger partial charge is 0.321 e. The van der Waals surface area contributed by atoms with E-state index < -0.39 is 6.03 Å². The summed E-state index contributed by atoms with van der Waals surface area (Å²) in [5.41, 5.74) is 5.56. The van der Waals surface area contributed by atoms with Crippen LogP contribution in [0.25, 0.3) is 0 Å². The minimum absolute atomic E-state index is 0. The number of amides is 3. The summed E-state index contributed by atoms with van der Waals surface area (Å²) >= 11 is 0. The Balaban J connectivity index is 0.00000289. The van der Waals surface area contributed by atoms with E-state index in [9.17, 15) is 9.59 Å². The van der Waals surface area contributed by atoms with E-state index in [0.29, 0.717) is 12.6 Å². The first-order chi connectivity index (χ1) is 8.17. The molecule has 7 heteroatoms. The van der Waals surface area contributed by atoms with Gasteiger partial charge >= 0.3 is 6.03 Å². The van der Waals surface area contributed by atoms with Gasteiger partial charge in [-0.2, -0.15) is 0 Å². The van der Waals surface area contributed by atoms with Gasteiger partial charge in [0.25, 0.3) is 0 Å². The Morgan fingerprint density at radius 1 is 1.39 bits per heavy atom. The molecule has 3 amide bonds. The van der Waals surface area contributed by atoms with Crippen LogP contribution in [-0.2, 0) is 4.79 Å². The van der Waals surface area contributed by atoms with Crippen LogP contribution in [0.2, 0.25) is 0 Å². The van der Waals surface area contributed by atoms with Crippen LogP contribution < -0.4 is 16.4 Å². The van der Waals surface area contributed by atoms with E-state index in [-0.39, 0.29) is 24.9 Å². The molecule has 0 aromatic rings. The van der Waals surface area contributed by atoms with Crippen molar-refractivity contribution in [2.24, 2.45) is 5.73 Å². The summed E-state index contributed by atoms with van der Waals surface area (Å²) in [6.07, 6.45) is 4.30. The van der Waals surface area contributed by atoms with Gasteiger partial charge in [0.1, 0.15) is 0 Å². The number of nitrogens with zero attached hydrogens (tertiary/aromatic N) is 1. The number of hydrogen-bond donors (Lipinski definition) is 3. The van der Waals surface area contributed by atoms with Gasteiger partial charge in [-0.15, -0.1) is 12.4 Å². The van der Waals surface area contributed by atoms with Crippen LogP contribution in [0.1, 0.15) is 25.7 Å². The molecule has 1 heterocycles. The SMILES string of the molecule is CNC(=O)NC(=O)CN1CCCCC1CCN.Cl. The lowest BCUT2D eigenvalue weighted by Gasteiger charge is -2.34. The van der Waals surface area contributed by atoms with Crippen LogP contribution in [0.4, 0.5) is 4.79 Å². The summed E-state index contributed by atoms with van der Waals surface area (Å²) in [7, 11) is 1.49. The summed E-state index contributed by atoms with van der Waals surface area (Å²) in [5.74, 6) is -0.256. The zero-order valence-corrected chi connectivity index (χ0v) is 11.6. The molecule has 1 aliphatic heterocycles. The number of piperidine rings is 1. The van der Waals surface area contributed by atoms with Crippen molar-refractivity contribution in [2.75, 3.05) is 26.7 Å². The Kier molecular flexibility index (Phi) is 8.70. The van der Waals surface area contributed by atoms with Crippen molar-refractivity contribution in [2.45, 2.75) is 31.7 Å². The lowest BCUT2D eigenvalue weighted by molar-refractivity contribution is -0.122. The second-order valence-electron chi connectivity index (χ2n) is 4.32. The predicted octanol–water partition coefficient (Wildman–Crippen LogP) is 0.0671. The molecule has 1 fully saturated rings. The maximum Gasteiger partial charge on any atom is 0.321 e. The summed E-state index contributed by atoms with van der Waals surface area (Å²) in [6.45, 7) is 1.82. The molecule has 0 aliphatic carbocycles. The quantitative estimate of drug-likeness (QED) is 0.679. The fourth-order valence-corrected chi connectivity index (χ4v) is 2.20. The van der Waals surface area contributed by atoms with E-state index in [1.807, 2.05) is 0 Å². The molecule has 0 spiro atoms. The summed E-state index contributed by atoms with van der Waals surface area (Å²) in [6, 6.07) is -0.0772. The van der Waals surface area contributed by atoms with Crippen LogP contribution in [0.3, 0.4) is 0 Å². The molecule has 1 unspecified atom stereocenters. The molecule has 4 N–H and O–H groups in total. The van der Waals surface area contributed by atoms with Gasteiger partial charge in [-0.1, -0.05) is 6.42 Å². The van der Waals surface area contributed by atoms with Gasteiger partial charge in [0.2, 0.25) is 5.91 Å². The van der Waals surface area contributed by atoms with Crippen molar-refractivity contribution in [3.05, 3.63) is 0 Å². The molecule has 18 heavy (non-hydrogen) atoms. The highest BCUT2D eigenvalue weighted by atomic mass is 35.5. The Morgan fingerprint density at radius 3 is 2.72 bits per heavy atom. The van der Waals surface area contributed by atoms with E-state index in [2.05, 4.69) is 15.5 Å². The van der Waals surface area contributed by atoms with Gasteiger partial charge < -0.3 is 11.1 Å². The third kappa shape index (κ3) is 5.66. The molecule has 0 radical (unpaired) electrons. The number of rotatable bonds is 4. The van der Waals surface area contributed by atoms with Crippen LogP contribution >= 0.6 is 12.4 Å². The van der Waals surface area contributed by atoms with Crippen molar-refractivity contribution in [3.8, 4) is 0 Å². The lowest BCUT2D eigenvalue weighted by atomic mass is 9.99. The fraction of sp³-hybridized carbons (Fsp3) is 0.818. The number of nitrogens with one attached hydrogen (secondary N) is 2. The maximum absolute atomic E-state index is 11.6. The van der Waals surface area contributed by atoms with Crippen molar-refractivity contribution in [1.82, 2.24) is 15.5 Å². The average Bonchev–Trinajstić information content (AvgIpc) is 2.31. The predicted molar refractivity (Wildman–Crippen MR) is 72.7 cm³/mol. The number of nitrogens with two attached hydrogens (primary N) is 1. The van der Waals surface area contributed by atoms with Crippen molar-refractivity contribution < 1.29 is 9.59 Å².